The maximum atomic E-state index is 12.4. The van der Waals surface area contributed by atoms with E-state index in [1.807, 2.05) is 0 Å². The van der Waals surface area contributed by atoms with Crippen LogP contribution in [0.5, 0.6) is 0 Å². The van der Waals surface area contributed by atoms with Crippen molar-refractivity contribution in [2.45, 2.75) is 71.3 Å². The number of aliphatic hydroxyl groups is 1. The SMILES string of the molecule is CC(C)(C)OC(=O)NN(C(=O)OC(C)(C)C)[C@H]1C[C@H](CO)OC1=O. The Morgan fingerprint density at radius 1 is 1.21 bits per heavy atom. The van der Waals surface area contributed by atoms with E-state index < -0.39 is 41.5 Å². The van der Waals surface area contributed by atoms with E-state index in [9.17, 15) is 14.4 Å². The lowest BCUT2D eigenvalue weighted by molar-refractivity contribution is -0.146. The lowest BCUT2D eigenvalue weighted by Crippen LogP contribution is -2.55. The third-order valence-electron chi connectivity index (χ3n) is 2.76. The molecule has 2 N–H and O–H groups in total. The van der Waals surface area contributed by atoms with Crippen LogP contribution in [0.3, 0.4) is 0 Å². The fourth-order valence-corrected chi connectivity index (χ4v) is 1.92. The molecule has 0 aromatic rings. The third-order valence-corrected chi connectivity index (χ3v) is 2.76. The number of hydrogen-bond acceptors (Lipinski definition) is 7. The van der Waals surface area contributed by atoms with E-state index in [2.05, 4.69) is 5.43 Å². The average molecular weight is 346 g/mol. The summed E-state index contributed by atoms with van der Waals surface area (Å²) < 4.78 is 15.2. The monoisotopic (exact) mass is 346 g/mol. The molecule has 0 aromatic carbocycles. The number of nitrogens with zero attached hydrogens (tertiary/aromatic N) is 1. The van der Waals surface area contributed by atoms with E-state index in [1.54, 1.807) is 41.5 Å². The summed E-state index contributed by atoms with van der Waals surface area (Å²) >= 11 is 0. The van der Waals surface area contributed by atoms with Crippen molar-refractivity contribution in [1.82, 2.24) is 10.4 Å². The predicted octanol–water partition coefficient (Wildman–Crippen LogP) is 1.34. The summed E-state index contributed by atoms with van der Waals surface area (Å²) in [4.78, 5) is 36.3. The normalized spacial score (nSPS) is 21.0. The summed E-state index contributed by atoms with van der Waals surface area (Å²) in [7, 11) is 0. The lowest BCUT2D eigenvalue weighted by atomic mass is 10.1. The molecule has 0 radical (unpaired) electrons. The van der Waals surface area contributed by atoms with Crippen LogP contribution in [0.1, 0.15) is 48.0 Å². The first-order valence-corrected chi connectivity index (χ1v) is 7.65. The number of hydrazine groups is 1. The average Bonchev–Trinajstić information content (AvgIpc) is 2.73. The molecule has 0 spiro atoms. The number of carbonyl (C=O) groups is 3. The minimum absolute atomic E-state index is 0.0321. The van der Waals surface area contributed by atoms with Gasteiger partial charge in [0.1, 0.15) is 17.3 Å². The van der Waals surface area contributed by atoms with Crippen molar-refractivity contribution in [2.75, 3.05) is 6.61 Å². The van der Waals surface area contributed by atoms with Crippen LogP contribution in [-0.2, 0) is 19.0 Å². The minimum Gasteiger partial charge on any atom is -0.458 e. The standard InChI is InChI=1S/C15H26N2O7/c1-14(2,3)23-12(20)16-17(13(21)24-15(4,5)6)10-7-9(8-18)22-11(10)19/h9-10,18H,7-8H2,1-6H3,(H,16,20)/t9-,10+/m1/s1. The molecule has 1 heterocycles. The van der Waals surface area contributed by atoms with E-state index in [1.165, 1.54) is 0 Å². The topological polar surface area (TPSA) is 114 Å². The van der Waals surface area contributed by atoms with Gasteiger partial charge in [0.2, 0.25) is 0 Å². The number of aliphatic hydroxyl groups excluding tert-OH is 1. The van der Waals surface area contributed by atoms with Crippen LogP contribution < -0.4 is 5.43 Å². The van der Waals surface area contributed by atoms with Crippen LogP contribution in [0.2, 0.25) is 0 Å². The molecule has 9 nitrogen and oxygen atoms in total. The maximum Gasteiger partial charge on any atom is 0.430 e. The first kappa shape index (κ1) is 20.0. The first-order valence-electron chi connectivity index (χ1n) is 7.65. The molecular weight excluding hydrogens is 320 g/mol. The second kappa shape index (κ2) is 7.25. The largest absolute Gasteiger partial charge is 0.458 e. The Kier molecular flexibility index (Phi) is 6.04. The smallest absolute Gasteiger partial charge is 0.430 e. The molecule has 1 rings (SSSR count). The molecule has 1 aliphatic rings. The minimum atomic E-state index is -1.11. The van der Waals surface area contributed by atoms with E-state index in [-0.39, 0.29) is 13.0 Å². The van der Waals surface area contributed by atoms with Gasteiger partial charge in [-0.1, -0.05) is 0 Å². The molecule has 2 atom stereocenters. The van der Waals surface area contributed by atoms with E-state index in [0.29, 0.717) is 0 Å². The molecule has 24 heavy (non-hydrogen) atoms. The van der Waals surface area contributed by atoms with Gasteiger partial charge in [-0.15, -0.1) is 0 Å². The first-order chi connectivity index (χ1) is 10.8. The molecule has 0 saturated carbocycles. The van der Waals surface area contributed by atoms with Gasteiger partial charge in [0.15, 0.2) is 6.04 Å². The van der Waals surface area contributed by atoms with E-state index in [4.69, 9.17) is 19.3 Å². The number of cyclic esters (lactones) is 1. The molecule has 1 aliphatic heterocycles. The van der Waals surface area contributed by atoms with E-state index in [0.717, 1.165) is 5.01 Å². The quantitative estimate of drug-likeness (QED) is 0.440. The Bertz CT molecular complexity index is 493. The predicted molar refractivity (Wildman–Crippen MR) is 82.8 cm³/mol. The van der Waals surface area contributed by atoms with Gasteiger partial charge in [0, 0.05) is 6.42 Å². The Labute approximate surface area is 141 Å². The van der Waals surface area contributed by atoms with Crippen LogP contribution in [0.4, 0.5) is 9.59 Å². The van der Waals surface area contributed by atoms with Crippen molar-refractivity contribution in [2.24, 2.45) is 0 Å². The Morgan fingerprint density at radius 3 is 2.17 bits per heavy atom. The van der Waals surface area contributed by atoms with Gasteiger partial charge in [0.05, 0.1) is 6.61 Å². The Balaban J connectivity index is 2.93. The molecule has 0 unspecified atom stereocenters. The molecular formula is C15H26N2O7. The molecule has 0 bridgehead atoms. The Morgan fingerprint density at radius 2 is 1.75 bits per heavy atom. The fraction of sp³-hybridized carbons (Fsp3) is 0.800. The van der Waals surface area contributed by atoms with Gasteiger partial charge in [-0.25, -0.2) is 24.8 Å². The zero-order chi connectivity index (χ0) is 18.7. The molecule has 0 aromatic heterocycles. The van der Waals surface area contributed by atoms with Gasteiger partial charge < -0.3 is 19.3 Å². The molecule has 0 aliphatic carbocycles. The molecule has 138 valence electrons. The number of esters is 1. The fourth-order valence-electron chi connectivity index (χ4n) is 1.92. The van der Waals surface area contributed by atoms with Gasteiger partial charge in [-0.2, -0.15) is 0 Å². The van der Waals surface area contributed by atoms with Crippen molar-refractivity contribution in [3.8, 4) is 0 Å². The highest BCUT2D eigenvalue weighted by Crippen LogP contribution is 2.21. The second-order valence-corrected chi connectivity index (χ2v) is 7.46. The van der Waals surface area contributed by atoms with Crippen molar-refractivity contribution < 1.29 is 33.7 Å². The summed E-state index contributed by atoms with van der Waals surface area (Å²) in [6.45, 7) is 9.57. The number of nitrogens with one attached hydrogen (secondary N) is 1. The van der Waals surface area contributed by atoms with Crippen molar-refractivity contribution in [3.05, 3.63) is 0 Å². The van der Waals surface area contributed by atoms with Gasteiger partial charge in [-0.05, 0) is 41.5 Å². The number of amides is 2. The zero-order valence-corrected chi connectivity index (χ0v) is 14.9. The van der Waals surface area contributed by atoms with E-state index >= 15 is 0 Å². The highest BCUT2D eigenvalue weighted by molar-refractivity contribution is 5.84. The van der Waals surface area contributed by atoms with Crippen LogP contribution in [0, 0.1) is 0 Å². The van der Waals surface area contributed by atoms with Gasteiger partial charge >= 0.3 is 18.2 Å². The maximum absolute atomic E-state index is 12.4. The molecule has 1 saturated heterocycles. The molecule has 2 amide bonds. The van der Waals surface area contributed by atoms with Crippen LogP contribution >= 0.6 is 0 Å². The zero-order valence-electron chi connectivity index (χ0n) is 14.9. The third kappa shape index (κ3) is 6.23. The number of hydrogen-bond donors (Lipinski definition) is 2. The summed E-state index contributed by atoms with van der Waals surface area (Å²) in [5.74, 6) is -0.740. The highest BCUT2D eigenvalue weighted by atomic mass is 16.6. The molecule has 1 fully saturated rings. The summed E-state index contributed by atoms with van der Waals surface area (Å²) in [5, 5.41) is 9.87. The number of carbonyl (C=O) groups excluding carboxylic acids is 3. The van der Waals surface area contributed by atoms with Gasteiger partial charge in [-0.3, -0.25) is 0 Å². The Hall–Kier alpha value is -2.03. The molecule has 9 heteroatoms. The van der Waals surface area contributed by atoms with Crippen molar-refractivity contribution in [3.63, 3.8) is 0 Å². The highest BCUT2D eigenvalue weighted by Gasteiger charge is 2.43. The van der Waals surface area contributed by atoms with Crippen LogP contribution in [0.15, 0.2) is 0 Å². The second-order valence-electron chi connectivity index (χ2n) is 7.46. The van der Waals surface area contributed by atoms with Crippen molar-refractivity contribution in [1.29, 1.82) is 0 Å². The summed E-state index contributed by atoms with van der Waals surface area (Å²) in [6, 6.07) is -1.11. The number of rotatable bonds is 2. The van der Waals surface area contributed by atoms with Gasteiger partial charge in [0.25, 0.3) is 0 Å². The van der Waals surface area contributed by atoms with Crippen molar-refractivity contribution >= 4 is 18.2 Å². The number of ether oxygens (including phenoxy) is 3. The summed E-state index contributed by atoms with van der Waals surface area (Å²) in [5.41, 5.74) is 0.614. The lowest BCUT2D eigenvalue weighted by Gasteiger charge is -2.30. The van der Waals surface area contributed by atoms with Crippen LogP contribution in [-0.4, -0.2) is 58.2 Å². The van der Waals surface area contributed by atoms with Crippen LogP contribution in [0.25, 0.3) is 0 Å². The summed E-state index contributed by atoms with van der Waals surface area (Å²) in [6.07, 6.45) is -2.54.